The van der Waals surface area contributed by atoms with E-state index in [1.807, 2.05) is 30.9 Å². The van der Waals surface area contributed by atoms with E-state index in [0.717, 1.165) is 17.9 Å². The Labute approximate surface area is 94.1 Å². The van der Waals surface area contributed by atoms with Gasteiger partial charge in [-0.25, -0.2) is 9.67 Å². The highest BCUT2D eigenvalue weighted by Gasteiger charge is 2.09. The number of aryl methyl sites for hydroxylation is 1. The molecule has 0 spiro atoms. The number of imidazole rings is 1. The van der Waals surface area contributed by atoms with E-state index >= 15 is 0 Å². The minimum atomic E-state index is -0.0323. The standard InChI is InChI=1S/C10H16N6/c1-3-8(11)9-6-16(14-13-9)7-10-12-4-5-15(10)2/h4-6,8H,3,7,11H2,1-2H3. The molecule has 0 saturated heterocycles. The van der Waals surface area contributed by atoms with Gasteiger partial charge in [0.2, 0.25) is 0 Å². The zero-order chi connectivity index (χ0) is 11.5. The first-order valence-electron chi connectivity index (χ1n) is 5.32. The monoisotopic (exact) mass is 220 g/mol. The summed E-state index contributed by atoms with van der Waals surface area (Å²) in [4.78, 5) is 4.23. The predicted octanol–water partition coefficient (Wildman–Crippen LogP) is 0.470. The van der Waals surface area contributed by atoms with Gasteiger partial charge in [-0.3, -0.25) is 0 Å². The molecular formula is C10H16N6. The van der Waals surface area contributed by atoms with Gasteiger partial charge in [-0.15, -0.1) is 5.10 Å². The van der Waals surface area contributed by atoms with Crippen LogP contribution < -0.4 is 5.73 Å². The molecule has 16 heavy (non-hydrogen) atoms. The maximum atomic E-state index is 5.87. The Kier molecular flexibility index (Phi) is 3.00. The van der Waals surface area contributed by atoms with E-state index in [4.69, 9.17) is 5.73 Å². The van der Waals surface area contributed by atoms with Crippen molar-refractivity contribution in [2.24, 2.45) is 12.8 Å². The van der Waals surface area contributed by atoms with Gasteiger partial charge in [0.1, 0.15) is 12.4 Å². The quantitative estimate of drug-likeness (QED) is 0.812. The molecule has 0 aromatic carbocycles. The Bertz CT molecular complexity index is 457. The molecule has 2 aromatic heterocycles. The molecule has 86 valence electrons. The van der Waals surface area contributed by atoms with Crippen LogP contribution in [-0.4, -0.2) is 24.5 Å². The lowest BCUT2D eigenvalue weighted by atomic mass is 10.2. The molecule has 1 unspecified atom stereocenters. The minimum Gasteiger partial charge on any atom is -0.336 e. The Balaban J connectivity index is 2.11. The third-order valence-electron chi connectivity index (χ3n) is 2.60. The molecule has 0 bridgehead atoms. The van der Waals surface area contributed by atoms with Crippen LogP contribution in [0.25, 0.3) is 0 Å². The van der Waals surface area contributed by atoms with E-state index < -0.39 is 0 Å². The molecule has 6 heteroatoms. The number of nitrogens with zero attached hydrogens (tertiary/aromatic N) is 5. The van der Waals surface area contributed by atoms with Crippen LogP contribution in [0, 0.1) is 0 Å². The summed E-state index contributed by atoms with van der Waals surface area (Å²) in [5, 5.41) is 8.08. The van der Waals surface area contributed by atoms with E-state index in [9.17, 15) is 0 Å². The lowest BCUT2D eigenvalue weighted by molar-refractivity contribution is 0.606. The number of hydrogen-bond donors (Lipinski definition) is 1. The zero-order valence-corrected chi connectivity index (χ0v) is 9.54. The summed E-state index contributed by atoms with van der Waals surface area (Å²) >= 11 is 0. The van der Waals surface area contributed by atoms with Gasteiger partial charge < -0.3 is 10.3 Å². The highest BCUT2D eigenvalue weighted by atomic mass is 15.4. The first-order valence-corrected chi connectivity index (χ1v) is 5.32. The predicted molar refractivity (Wildman–Crippen MR) is 59.6 cm³/mol. The fraction of sp³-hybridized carbons (Fsp3) is 0.500. The second-order valence-corrected chi connectivity index (χ2v) is 3.81. The van der Waals surface area contributed by atoms with E-state index in [1.165, 1.54) is 0 Å². The number of nitrogens with two attached hydrogens (primary N) is 1. The van der Waals surface area contributed by atoms with Crippen LogP contribution in [0.2, 0.25) is 0 Å². The van der Waals surface area contributed by atoms with Gasteiger partial charge >= 0.3 is 0 Å². The number of aromatic nitrogens is 5. The molecule has 0 amide bonds. The third kappa shape index (κ3) is 2.11. The summed E-state index contributed by atoms with van der Waals surface area (Å²) in [6, 6.07) is -0.0323. The van der Waals surface area contributed by atoms with Crippen LogP contribution in [-0.2, 0) is 13.6 Å². The van der Waals surface area contributed by atoms with E-state index in [0.29, 0.717) is 6.54 Å². The molecule has 2 N–H and O–H groups in total. The lowest BCUT2D eigenvalue weighted by Gasteiger charge is -2.02. The molecule has 0 fully saturated rings. The Morgan fingerprint density at radius 2 is 2.31 bits per heavy atom. The van der Waals surface area contributed by atoms with Crippen LogP contribution in [0.4, 0.5) is 0 Å². The molecule has 0 aliphatic carbocycles. The summed E-state index contributed by atoms with van der Waals surface area (Å²) in [5.41, 5.74) is 6.70. The van der Waals surface area contributed by atoms with Crippen molar-refractivity contribution < 1.29 is 0 Å². The highest BCUT2D eigenvalue weighted by molar-refractivity contribution is 5.00. The van der Waals surface area contributed by atoms with E-state index in [2.05, 4.69) is 15.3 Å². The van der Waals surface area contributed by atoms with Crippen molar-refractivity contribution in [3.05, 3.63) is 30.1 Å². The van der Waals surface area contributed by atoms with Gasteiger partial charge in [0, 0.05) is 19.4 Å². The van der Waals surface area contributed by atoms with Crippen molar-refractivity contribution in [3.8, 4) is 0 Å². The van der Waals surface area contributed by atoms with Crippen LogP contribution in [0.5, 0.6) is 0 Å². The van der Waals surface area contributed by atoms with Crippen molar-refractivity contribution in [1.82, 2.24) is 24.5 Å². The molecule has 0 aliphatic rings. The molecule has 0 radical (unpaired) electrons. The van der Waals surface area contributed by atoms with E-state index in [1.54, 1.807) is 10.9 Å². The Morgan fingerprint density at radius 1 is 1.50 bits per heavy atom. The smallest absolute Gasteiger partial charge is 0.130 e. The molecule has 0 aliphatic heterocycles. The maximum Gasteiger partial charge on any atom is 0.130 e. The van der Waals surface area contributed by atoms with Gasteiger partial charge in [-0.05, 0) is 6.42 Å². The topological polar surface area (TPSA) is 74.6 Å². The van der Waals surface area contributed by atoms with Crippen molar-refractivity contribution in [3.63, 3.8) is 0 Å². The Hall–Kier alpha value is -1.69. The van der Waals surface area contributed by atoms with Gasteiger partial charge in [0.05, 0.1) is 17.9 Å². The lowest BCUT2D eigenvalue weighted by Crippen LogP contribution is -2.09. The average molecular weight is 220 g/mol. The summed E-state index contributed by atoms with van der Waals surface area (Å²) in [7, 11) is 1.96. The van der Waals surface area contributed by atoms with Gasteiger partial charge in [-0.2, -0.15) is 0 Å². The van der Waals surface area contributed by atoms with Gasteiger partial charge in [0.25, 0.3) is 0 Å². The fourth-order valence-electron chi connectivity index (χ4n) is 1.46. The van der Waals surface area contributed by atoms with Gasteiger partial charge in [-0.1, -0.05) is 12.1 Å². The van der Waals surface area contributed by atoms with Crippen LogP contribution >= 0.6 is 0 Å². The first kappa shape index (κ1) is 10.8. The molecular weight excluding hydrogens is 204 g/mol. The normalized spacial score (nSPS) is 12.9. The molecule has 2 heterocycles. The van der Waals surface area contributed by atoms with Crippen molar-refractivity contribution in [2.45, 2.75) is 25.9 Å². The van der Waals surface area contributed by atoms with E-state index in [-0.39, 0.29) is 6.04 Å². The van der Waals surface area contributed by atoms with Crippen LogP contribution in [0.15, 0.2) is 18.6 Å². The molecule has 2 aromatic rings. The second kappa shape index (κ2) is 4.44. The fourth-order valence-corrected chi connectivity index (χ4v) is 1.46. The molecule has 2 rings (SSSR count). The SMILES string of the molecule is CCC(N)c1cn(Cc2nccn2C)nn1. The maximum absolute atomic E-state index is 5.87. The molecule has 1 atom stereocenters. The first-order chi connectivity index (χ1) is 7.70. The third-order valence-corrected chi connectivity index (χ3v) is 2.60. The molecule has 6 nitrogen and oxygen atoms in total. The van der Waals surface area contributed by atoms with Crippen LogP contribution in [0.3, 0.4) is 0 Å². The summed E-state index contributed by atoms with van der Waals surface area (Å²) in [6.45, 7) is 2.65. The zero-order valence-electron chi connectivity index (χ0n) is 9.54. The van der Waals surface area contributed by atoms with Crippen molar-refractivity contribution >= 4 is 0 Å². The second-order valence-electron chi connectivity index (χ2n) is 3.81. The largest absolute Gasteiger partial charge is 0.336 e. The molecule has 0 saturated carbocycles. The number of hydrogen-bond acceptors (Lipinski definition) is 4. The van der Waals surface area contributed by atoms with Crippen molar-refractivity contribution in [1.29, 1.82) is 0 Å². The Morgan fingerprint density at radius 3 is 2.94 bits per heavy atom. The van der Waals surface area contributed by atoms with Crippen molar-refractivity contribution in [2.75, 3.05) is 0 Å². The number of rotatable bonds is 4. The summed E-state index contributed by atoms with van der Waals surface area (Å²) in [6.07, 6.45) is 6.42. The van der Waals surface area contributed by atoms with Crippen LogP contribution in [0.1, 0.15) is 30.9 Å². The average Bonchev–Trinajstić information content (AvgIpc) is 2.89. The highest BCUT2D eigenvalue weighted by Crippen LogP contribution is 2.09. The minimum absolute atomic E-state index is 0.0323. The summed E-state index contributed by atoms with van der Waals surface area (Å²) in [5.74, 6) is 0.946. The van der Waals surface area contributed by atoms with Gasteiger partial charge in [0.15, 0.2) is 0 Å². The summed E-state index contributed by atoms with van der Waals surface area (Å²) < 4.78 is 3.72.